The zero-order chi connectivity index (χ0) is 21.2. The quantitative estimate of drug-likeness (QED) is 0.605. The second-order valence-electron chi connectivity index (χ2n) is 5.70. The highest BCUT2D eigenvalue weighted by Gasteiger charge is 2.20. The first-order valence-electron chi connectivity index (χ1n) is 9.28. The number of amides is 1. The Morgan fingerprint density at radius 2 is 1.52 bits per heavy atom. The molecule has 0 heterocycles. The molecule has 29 heavy (non-hydrogen) atoms. The molecule has 8 heteroatoms. The van der Waals surface area contributed by atoms with E-state index in [1.54, 1.807) is 19.9 Å². The normalized spacial score (nSPS) is 10.2. The van der Waals surface area contributed by atoms with Crippen LogP contribution in [0.2, 0.25) is 0 Å². The van der Waals surface area contributed by atoms with Crippen LogP contribution in [0.15, 0.2) is 36.4 Å². The summed E-state index contributed by atoms with van der Waals surface area (Å²) >= 11 is 0. The van der Waals surface area contributed by atoms with E-state index in [1.807, 2.05) is 6.92 Å². The summed E-state index contributed by atoms with van der Waals surface area (Å²) in [6.07, 6.45) is 0. The first-order valence-corrected chi connectivity index (χ1v) is 9.28. The van der Waals surface area contributed by atoms with Crippen LogP contribution in [0.25, 0.3) is 0 Å². The van der Waals surface area contributed by atoms with Gasteiger partial charge in [-0.05, 0) is 45.0 Å². The summed E-state index contributed by atoms with van der Waals surface area (Å²) in [6.45, 7) is 5.95. The van der Waals surface area contributed by atoms with Crippen molar-refractivity contribution in [2.45, 2.75) is 20.8 Å². The molecular weight excluding hydrogens is 381 g/mol. The van der Waals surface area contributed by atoms with E-state index >= 15 is 0 Å². The number of anilines is 1. The Labute approximate surface area is 168 Å². The van der Waals surface area contributed by atoms with Gasteiger partial charge in [0, 0.05) is 0 Å². The molecule has 0 saturated carbocycles. The van der Waals surface area contributed by atoms with Gasteiger partial charge in [0.2, 0.25) is 5.75 Å². The lowest BCUT2D eigenvalue weighted by Crippen LogP contribution is -2.21. The van der Waals surface area contributed by atoms with Gasteiger partial charge in [0.1, 0.15) is 5.82 Å². The lowest BCUT2D eigenvalue weighted by Gasteiger charge is -2.16. The minimum Gasteiger partial charge on any atom is -0.490 e. The summed E-state index contributed by atoms with van der Waals surface area (Å²) in [5.74, 6) is -0.930. The molecule has 0 aliphatic rings. The lowest BCUT2D eigenvalue weighted by atomic mass is 10.2. The Morgan fingerprint density at radius 1 is 0.931 bits per heavy atom. The van der Waals surface area contributed by atoms with E-state index in [-0.39, 0.29) is 11.3 Å². The van der Waals surface area contributed by atoms with Crippen LogP contribution in [0.5, 0.6) is 17.2 Å². The second kappa shape index (κ2) is 10.9. The van der Waals surface area contributed by atoms with Gasteiger partial charge in [-0.25, -0.2) is 9.18 Å². The van der Waals surface area contributed by atoms with Gasteiger partial charge in [-0.15, -0.1) is 0 Å². The molecule has 0 aliphatic heterocycles. The molecular formula is C21H24FNO6. The number of hydrogen-bond acceptors (Lipinski definition) is 6. The van der Waals surface area contributed by atoms with E-state index in [2.05, 4.69) is 5.32 Å². The van der Waals surface area contributed by atoms with Crippen LogP contribution in [-0.2, 0) is 9.53 Å². The molecule has 0 aliphatic carbocycles. The van der Waals surface area contributed by atoms with Gasteiger partial charge in [-0.1, -0.05) is 12.1 Å². The fourth-order valence-electron chi connectivity index (χ4n) is 2.47. The van der Waals surface area contributed by atoms with Gasteiger partial charge in [0.25, 0.3) is 5.91 Å². The number of carbonyl (C=O) groups excluding carboxylic acids is 2. The Hall–Kier alpha value is -3.29. The van der Waals surface area contributed by atoms with E-state index in [0.29, 0.717) is 37.1 Å². The van der Waals surface area contributed by atoms with Crippen LogP contribution in [-0.4, -0.2) is 38.3 Å². The zero-order valence-corrected chi connectivity index (χ0v) is 16.6. The van der Waals surface area contributed by atoms with Crippen LogP contribution < -0.4 is 19.5 Å². The van der Waals surface area contributed by atoms with E-state index in [1.165, 1.54) is 30.3 Å². The monoisotopic (exact) mass is 405 g/mol. The molecule has 0 fully saturated rings. The fraction of sp³-hybridized carbons (Fsp3) is 0.333. The van der Waals surface area contributed by atoms with E-state index in [4.69, 9.17) is 18.9 Å². The highest BCUT2D eigenvalue weighted by molar-refractivity contribution is 5.96. The minimum atomic E-state index is -0.751. The number of halogens is 1. The smallest absolute Gasteiger partial charge is 0.338 e. The van der Waals surface area contributed by atoms with E-state index < -0.39 is 24.3 Å². The van der Waals surface area contributed by atoms with Crippen molar-refractivity contribution in [1.29, 1.82) is 0 Å². The number of nitrogens with one attached hydrogen (secondary N) is 1. The van der Waals surface area contributed by atoms with E-state index in [9.17, 15) is 14.0 Å². The number of ether oxygens (including phenoxy) is 4. The second-order valence-corrected chi connectivity index (χ2v) is 5.70. The summed E-state index contributed by atoms with van der Waals surface area (Å²) in [5.41, 5.74) is 0.144. The molecule has 0 saturated heterocycles. The van der Waals surface area contributed by atoms with Gasteiger partial charge in [0.05, 0.1) is 31.1 Å². The highest BCUT2D eigenvalue weighted by Crippen LogP contribution is 2.39. The van der Waals surface area contributed by atoms with Crippen LogP contribution in [0.3, 0.4) is 0 Å². The predicted octanol–water partition coefficient (Wildman–Crippen LogP) is 3.82. The number of rotatable bonds is 10. The standard InChI is InChI=1S/C21H24FNO6/c1-4-26-17-11-14(12-18(27-5-2)20(17)28-6-3)21(25)29-13-19(24)23-16-10-8-7-9-15(16)22/h7-12H,4-6,13H2,1-3H3,(H,23,24). The Bertz CT molecular complexity index is 828. The molecule has 1 amide bonds. The molecule has 0 aromatic heterocycles. The molecule has 2 aromatic carbocycles. The number of esters is 1. The number of para-hydroxylation sites is 1. The minimum absolute atomic E-state index is 0.00637. The third-order valence-electron chi connectivity index (χ3n) is 3.63. The Morgan fingerprint density at radius 3 is 2.07 bits per heavy atom. The molecule has 2 rings (SSSR count). The van der Waals surface area contributed by atoms with Crippen molar-refractivity contribution in [2.24, 2.45) is 0 Å². The summed E-state index contributed by atoms with van der Waals surface area (Å²) in [4.78, 5) is 24.4. The average molecular weight is 405 g/mol. The Balaban J connectivity index is 2.12. The van der Waals surface area contributed by atoms with Crippen molar-refractivity contribution in [3.63, 3.8) is 0 Å². The molecule has 0 radical (unpaired) electrons. The van der Waals surface area contributed by atoms with Crippen molar-refractivity contribution in [1.82, 2.24) is 0 Å². The number of hydrogen-bond donors (Lipinski definition) is 1. The summed E-state index contributed by atoms with van der Waals surface area (Å²) in [5, 5.41) is 2.35. The van der Waals surface area contributed by atoms with Crippen molar-refractivity contribution in [3.05, 3.63) is 47.8 Å². The summed E-state index contributed by atoms with van der Waals surface area (Å²) < 4.78 is 35.3. The Kier molecular flexibility index (Phi) is 8.27. The molecule has 0 unspecified atom stereocenters. The van der Waals surface area contributed by atoms with Gasteiger partial charge < -0.3 is 24.3 Å². The molecule has 156 valence electrons. The largest absolute Gasteiger partial charge is 0.490 e. The van der Waals surface area contributed by atoms with Crippen molar-refractivity contribution in [2.75, 3.05) is 31.7 Å². The molecule has 2 aromatic rings. The third-order valence-corrected chi connectivity index (χ3v) is 3.63. The summed E-state index contributed by atoms with van der Waals surface area (Å²) in [6, 6.07) is 8.64. The topological polar surface area (TPSA) is 83.1 Å². The summed E-state index contributed by atoms with van der Waals surface area (Å²) in [7, 11) is 0. The maximum Gasteiger partial charge on any atom is 0.338 e. The van der Waals surface area contributed by atoms with Crippen molar-refractivity contribution < 1.29 is 32.9 Å². The first-order chi connectivity index (χ1) is 14.0. The van der Waals surface area contributed by atoms with Gasteiger partial charge in [0.15, 0.2) is 18.1 Å². The van der Waals surface area contributed by atoms with Crippen LogP contribution in [0, 0.1) is 5.82 Å². The maximum atomic E-state index is 13.6. The average Bonchev–Trinajstić information content (AvgIpc) is 2.70. The maximum absolute atomic E-state index is 13.6. The third kappa shape index (κ3) is 6.10. The first kappa shape index (κ1) is 22.0. The molecule has 0 atom stereocenters. The number of carbonyl (C=O) groups is 2. The van der Waals surface area contributed by atoms with Crippen LogP contribution in [0.1, 0.15) is 31.1 Å². The number of benzene rings is 2. The molecule has 0 bridgehead atoms. The molecule has 0 spiro atoms. The predicted molar refractivity (Wildman–Crippen MR) is 105 cm³/mol. The van der Waals surface area contributed by atoms with Gasteiger partial charge in [-0.3, -0.25) is 4.79 Å². The zero-order valence-electron chi connectivity index (χ0n) is 16.6. The van der Waals surface area contributed by atoms with Crippen molar-refractivity contribution in [3.8, 4) is 17.2 Å². The van der Waals surface area contributed by atoms with Gasteiger partial charge in [-0.2, -0.15) is 0 Å². The van der Waals surface area contributed by atoms with Crippen LogP contribution >= 0.6 is 0 Å². The molecule has 1 N–H and O–H groups in total. The van der Waals surface area contributed by atoms with Gasteiger partial charge >= 0.3 is 5.97 Å². The van der Waals surface area contributed by atoms with E-state index in [0.717, 1.165) is 0 Å². The molecule has 7 nitrogen and oxygen atoms in total. The highest BCUT2D eigenvalue weighted by atomic mass is 19.1. The van der Waals surface area contributed by atoms with Crippen molar-refractivity contribution >= 4 is 17.6 Å². The van der Waals surface area contributed by atoms with Crippen LogP contribution in [0.4, 0.5) is 10.1 Å². The SMILES string of the molecule is CCOc1cc(C(=O)OCC(=O)Nc2ccccc2F)cc(OCC)c1OCC. The fourth-order valence-corrected chi connectivity index (χ4v) is 2.47. The lowest BCUT2D eigenvalue weighted by molar-refractivity contribution is -0.119.